The van der Waals surface area contributed by atoms with E-state index in [-0.39, 0.29) is 23.6 Å². The Morgan fingerprint density at radius 2 is 1.80 bits per heavy atom. The van der Waals surface area contributed by atoms with Crippen LogP contribution in [0.15, 0.2) is 77.4 Å². The Balaban J connectivity index is 1.50. The van der Waals surface area contributed by atoms with Crippen LogP contribution in [0, 0.1) is 18.3 Å². The SMILES string of the molecule is COC(=O)c1ccc(-c2ccc(Cl)c(C3=C(CN4C(=O)OC(C5=CC(C(F)(F)F)=CC(C(F)(F)F)C=C5)C4C)CC(C)(C)CC3)c2)c(C)c1. The highest BCUT2D eigenvalue weighted by Crippen LogP contribution is 2.46. The summed E-state index contributed by atoms with van der Waals surface area (Å²) in [5.74, 6) is -2.90. The van der Waals surface area contributed by atoms with Gasteiger partial charge in [-0.05, 0) is 108 Å². The molecule has 0 radical (unpaired) electrons. The summed E-state index contributed by atoms with van der Waals surface area (Å²) in [7, 11) is 1.32. The van der Waals surface area contributed by atoms with Gasteiger partial charge >= 0.3 is 24.4 Å². The molecule has 1 fully saturated rings. The molecule has 2 aromatic rings. The van der Waals surface area contributed by atoms with Gasteiger partial charge in [-0.3, -0.25) is 4.90 Å². The summed E-state index contributed by atoms with van der Waals surface area (Å²) in [6, 6.07) is 10.1. The molecular weight excluding hydrogens is 672 g/mol. The number of esters is 1. The van der Waals surface area contributed by atoms with E-state index in [9.17, 15) is 35.9 Å². The van der Waals surface area contributed by atoms with E-state index in [0.29, 0.717) is 35.6 Å². The summed E-state index contributed by atoms with van der Waals surface area (Å²) in [5.41, 5.74) is 3.83. The van der Waals surface area contributed by atoms with Crippen molar-refractivity contribution >= 4 is 29.2 Å². The van der Waals surface area contributed by atoms with E-state index in [1.807, 2.05) is 25.1 Å². The number of cyclic esters (lactones) is 1. The molecule has 262 valence electrons. The summed E-state index contributed by atoms with van der Waals surface area (Å²) in [6.45, 7) is 7.79. The van der Waals surface area contributed by atoms with Crippen LogP contribution < -0.4 is 0 Å². The van der Waals surface area contributed by atoms with Crippen molar-refractivity contribution in [2.75, 3.05) is 13.7 Å². The van der Waals surface area contributed by atoms with Crippen molar-refractivity contribution < 1.29 is 45.4 Å². The van der Waals surface area contributed by atoms with Crippen LogP contribution in [0.2, 0.25) is 5.02 Å². The van der Waals surface area contributed by atoms with Crippen molar-refractivity contribution in [3.05, 3.63) is 99.1 Å². The van der Waals surface area contributed by atoms with Crippen molar-refractivity contribution in [2.24, 2.45) is 11.3 Å². The van der Waals surface area contributed by atoms with Crippen LogP contribution in [0.4, 0.5) is 31.1 Å². The predicted molar refractivity (Wildman–Crippen MR) is 175 cm³/mol. The Kier molecular flexibility index (Phi) is 9.91. The van der Waals surface area contributed by atoms with Crippen molar-refractivity contribution in [3.63, 3.8) is 0 Å². The minimum absolute atomic E-state index is 0.0901. The lowest BCUT2D eigenvalue weighted by Crippen LogP contribution is -2.37. The average molecular weight is 708 g/mol. The number of hydrogen-bond donors (Lipinski definition) is 0. The van der Waals surface area contributed by atoms with Gasteiger partial charge in [0.05, 0.1) is 30.2 Å². The number of halogens is 7. The summed E-state index contributed by atoms with van der Waals surface area (Å²) in [6.07, 6.45) is -7.56. The summed E-state index contributed by atoms with van der Waals surface area (Å²) in [5, 5.41) is 0.495. The Hall–Kier alpha value is -3.99. The molecule has 0 bridgehead atoms. The van der Waals surface area contributed by atoms with E-state index in [2.05, 4.69) is 13.8 Å². The van der Waals surface area contributed by atoms with Crippen LogP contribution in [0.25, 0.3) is 16.7 Å². The molecule has 0 aromatic heterocycles. The first-order chi connectivity index (χ1) is 22.8. The lowest BCUT2D eigenvalue weighted by atomic mass is 9.72. The molecule has 2 aromatic carbocycles. The number of aryl methyl sites for hydroxylation is 1. The van der Waals surface area contributed by atoms with Crippen molar-refractivity contribution in [1.82, 2.24) is 4.90 Å². The van der Waals surface area contributed by atoms with Gasteiger partial charge < -0.3 is 9.47 Å². The van der Waals surface area contributed by atoms with E-state index in [0.717, 1.165) is 45.9 Å². The summed E-state index contributed by atoms with van der Waals surface area (Å²) in [4.78, 5) is 26.8. The topological polar surface area (TPSA) is 55.8 Å². The highest BCUT2D eigenvalue weighted by Gasteiger charge is 2.45. The number of benzene rings is 2. The van der Waals surface area contributed by atoms with Crippen molar-refractivity contribution in [1.29, 1.82) is 0 Å². The van der Waals surface area contributed by atoms with Crippen LogP contribution in [0.1, 0.15) is 61.5 Å². The van der Waals surface area contributed by atoms with Crippen LogP contribution in [-0.4, -0.2) is 55.1 Å². The number of rotatable bonds is 6. The molecular formula is C37H36ClF6NO4. The Labute approximate surface area is 285 Å². The fraction of sp³-hybridized carbons (Fsp3) is 0.405. The summed E-state index contributed by atoms with van der Waals surface area (Å²) < 4.78 is 92.2. The quantitative estimate of drug-likeness (QED) is 0.222. The molecule has 2 aliphatic carbocycles. The molecule has 1 heterocycles. The number of amides is 1. The Bertz CT molecular complexity index is 1790. The minimum atomic E-state index is -5.05. The smallest absolute Gasteiger partial charge is 0.416 e. The fourth-order valence-corrected chi connectivity index (χ4v) is 6.94. The normalized spacial score (nSPS) is 22.8. The molecule has 3 atom stereocenters. The van der Waals surface area contributed by atoms with Gasteiger partial charge in [-0.1, -0.05) is 55.8 Å². The van der Waals surface area contributed by atoms with E-state index in [1.54, 1.807) is 25.1 Å². The number of ether oxygens (including phenoxy) is 2. The number of allylic oxidation sites excluding steroid dienone is 5. The van der Waals surface area contributed by atoms with Gasteiger partial charge in [-0.25, -0.2) is 9.59 Å². The third-order valence-corrected chi connectivity index (χ3v) is 9.71. The van der Waals surface area contributed by atoms with Gasteiger partial charge in [0, 0.05) is 11.6 Å². The van der Waals surface area contributed by atoms with Crippen LogP contribution in [-0.2, 0) is 9.47 Å². The van der Waals surface area contributed by atoms with E-state index in [1.165, 1.54) is 12.0 Å². The van der Waals surface area contributed by atoms with Gasteiger partial charge in [-0.2, -0.15) is 26.3 Å². The lowest BCUT2D eigenvalue weighted by molar-refractivity contribution is -0.149. The standard InChI is InChI=1S/C37H36ClF6NO4/c1-20-14-24(33(46)48-5)7-10-28(20)22-8-11-31(38)30(16-22)29-12-13-35(3,4)18-25(29)19-45-21(2)32(49-34(45)47)23-6-9-26(36(39,40)41)17-27(15-23)37(42,43)44/h6-11,14-17,21,26,32H,12-13,18-19H2,1-5H3. The third-order valence-electron chi connectivity index (χ3n) is 9.38. The number of carbonyl (C=O) groups excluding carboxylic acids is 2. The van der Waals surface area contributed by atoms with Crippen LogP contribution in [0.5, 0.6) is 0 Å². The molecule has 3 unspecified atom stereocenters. The van der Waals surface area contributed by atoms with Crippen LogP contribution in [0.3, 0.4) is 0 Å². The molecule has 12 heteroatoms. The second-order valence-corrected chi connectivity index (χ2v) is 13.9. The molecule has 0 spiro atoms. The van der Waals surface area contributed by atoms with Gasteiger partial charge in [0.25, 0.3) is 0 Å². The maximum absolute atomic E-state index is 13.8. The monoisotopic (exact) mass is 707 g/mol. The van der Waals surface area contributed by atoms with Gasteiger partial charge in [0.1, 0.15) is 6.10 Å². The highest BCUT2D eigenvalue weighted by molar-refractivity contribution is 6.32. The maximum Gasteiger partial charge on any atom is 0.416 e. The number of hydrogen-bond acceptors (Lipinski definition) is 4. The zero-order valence-electron chi connectivity index (χ0n) is 27.6. The number of carbonyl (C=O) groups is 2. The van der Waals surface area contributed by atoms with Crippen molar-refractivity contribution in [3.8, 4) is 11.1 Å². The highest BCUT2D eigenvalue weighted by atomic mass is 35.5. The largest absolute Gasteiger partial charge is 0.465 e. The van der Waals surface area contributed by atoms with E-state index >= 15 is 0 Å². The minimum Gasteiger partial charge on any atom is -0.465 e. The maximum atomic E-state index is 13.8. The van der Waals surface area contributed by atoms with Gasteiger partial charge in [0.2, 0.25) is 0 Å². The fourth-order valence-electron chi connectivity index (χ4n) is 6.71. The zero-order valence-corrected chi connectivity index (χ0v) is 28.3. The zero-order chi connectivity index (χ0) is 36.1. The molecule has 5 nitrogen and oxygen atoms in total. The second-order valence-electron chi connectivity index (χ2n) is 13.5. The number of nitrogens with zero attached hydrogens (tertiary/aromatic N) is 1. The first kappa shape index (κ1) is 36.3. The Morgan fingerprint density at radius 1 is 1.08 bits per heavy atom. The van der Waals surface area contributed by atoms with Crippen LogP contribution >= 0.6 is 11.6 Å². The number of methoxy groups -OCH3 is 1. The average Bonchev–Trinajstić information content (AvgIpc) is 3.16. The molecule has 5 rings (SSSR count). The molecule has 1 amide bonds. The van der Waals surface area contributed by atoms with Gasteiger partial charge in [-0.15, -0.1) is 0 Å². The molecule has 0 N–H and O–H groups in total. The lowest BCUT2D eigenvalue weighted by Gasteiger charge is -2.36. The van der Waals surface area contributed by atoms with Crippen molar-refractivity contribution in [2.45, 2.75) is 71.5 Å². The molecule has 1 saturated heterocycles. The molecule has 3 aliphatic rings. The number of alkyl halides is 6. The second kappa shape index (κ2) is 13.4. The van der Waals surface area contributed by atoms with E-state index < -0.39 is 48.1 Å². The molecule has 1 aliphatic heterocycles. The third kappa shape index (κ3) is 7.77. The first-order valence-electron chi connectivity index (χ1n) is 15.7. The predicted octanol–water partition coefficient (Wildman–Crippen LogP) is 10.4. The summed E-state index contributed by atoms with van der Waals surface area (Å²) >= 11 is 6.79. The van der Waals surface area contributed by atoms with Gasteiger partial charge in [0.15, 0.2) is 0 Å². The Morgan fingerprint density at radius 3 is 2.43 bits per heavy atom. The molecule has 49 heavy (non-hydrogen) atoms. The first-order valence-corrected chi connectivity index (χ1v) is 16.1. The van der Waals surface area contributed by atoms with E-state index in [4.69, 9.17) is 21.1 Å². The molecule has 0 saturated carbocycles.